The molecular formula is C21H19BrN6. The average molecular weight is 435 g/mol. The highest BCUT2D eigenvalue weighted by Crippen LogP contribution is 2.48. The molecule has 0 radical (unpaired) electrons. The van der Waals surface area contributed by atoms with Gasteiger partial charge in [-0.25, -0.2) is 0 Å². The molecule has 4 aliphatic rings. The maximum absolute atomic E-state index is 10.2. The van der Waals surface area contributed by atoms with E-state index in [9.17, 15) is 10.5 Å². The Bertz CT molecular complexity index is 1050. The monoisotopic (exact) mass is 434 g/mol. The minimum atomic E-state index is -0.252. The molecule has 1 aliphatic carbocycles. The molecule has 2 bridgehead atoms. The number of hydrogen-bond acceptors (Lipinski definition) is 5. The number of benzene rings is 1. The standard InChI is InChI=1S/C21H19BrN6/c22-19-12(7-23)2-1-3-13(19)18-15(8-24)20(27-21-16(18)10-26-28-21)14-6-11-4-5-17(14)25-9-11/h1-3,10-11,14,17-18,25H,4-6,9H2,(H2,26,27,28)/t11-,14-,17+,18?/m0/s1. The summed E-state index contributed by atoms with van der Waals surface area (Å²) in [7, 11) is 0. The highest BCUT2D eigenvalue weighted by atomic mass is 79.9. The van der Waals surface area contributed by atoms with Crippen LogP contribution in [-0.2, 0) is 0 Å². The minimum Gasteiger partial charge on any atom is -0.343 e. The van der Waals surface area contributed by atoms with Crippen molar-refractivity contribution in [2.24, 2.45) is 11.8 Å². The molecule has 28 heavy (non-hydrogen) atoms. The second-order valence-corrected chi connectivity index (χ2v) is 8.61. The summed E-state index contributed by atoms with van der Waals surface area (Å²) in [6.07, 6.45) is 5.28. The summed E-state index contributed by atoms with van der Waals surface area (Å²) in [5.74, 6) is 1.55. The van der Waals surface area contributed by atoms with Gasteiger partial charge in [-0.15, -0.1) is 0 Å². The van der Waals surface area contributed by atoms with Crippen molar-refractivity contribution in [2.45, 2.75) is 31.2 Å². The summed E-state index contributed by atoms with van der Waals surface area (Å²) in [4.78, 5) is 0. The van der Waals surface area contributed by atoms with Gasteiger partial charge in [-0.3, -0.25) is 5.10 Å². The summed E-state index contributed by atoms with van der Waals surface area (Å²) in [6, 6.07) is 10.8. The fourth-order valence-electron chi connectivity index (χ4n) is 5.05. The van der Waals surface area contributed by atoms with Gasteiger partial charge in [0.2, 0.25) is 0 Å². The topological polar surface area (TPSA) is 100 Å². The largest absolute Gasteiger partial charge is 0.343 e. The summed E-state index contributed by atoms with van der Waals surface area (Å²) < 4.78 is 0.743. The zero-order chi connectivity index (χ0) is 19.3. The number of aromatic nitrogens is 2. The summed E-state index contributed by atoms with van der Waals surface area (Å²) in [5, 5.41) is 34.1. The SMILES string of the molecule is N#CC1=C([C@H]2C[C@@H]3CC[C@H]2NC3)Nc2[nH]ncc2C1c1cccc(C#N)c1Br. The fourth-order valence-corrected chi connectivity index (χ4v) is 5.63. The van der Waals surface area contributed by atoms with Crippen LogP contribution in [0.15, 0.2) is 40.1 Å². The number of hydrogen-bond donors (Lipinski definition) is 3. The molecule has 140 valence electrons. The van der Waals surface area contributed by atoms with Gasteiger partial charge in [-0.2, -0.15) is 15.6 Å². The van der Waals surface area contributed by atoms with Gasteiger partial charge in [0.15, 0.2) is 0 Å². The summed E-state index contributed by atoms with van der Waals surface area (Å²) in [6.45, 7) is 1.07. The van der Waals surface area contributed by atoms with E-state index in [1.54, 1.807) is 12.3 Å². The van der Waals surface area contributed by atoms with Crippen molar-refractivity contribution in [3.8, 4) is 12.1 Å². The van der Waals surface area contributed by atoms with E-state index in [0.717, 1.165) is 52.1 Å². The van der Waals surface area contributed by atoms with Gasteiger partial charge in [-0.05, 0) is 59.3 Å². The number of halogens is 1. The van der Waals surface area contributed by atoms with Gasteiger partial charge >= 0.3 is 0 Å². The van der Waals surface area contributed by atoms with Gasteiger partial charge in [-0.1, -0.05) is 12.1 Å². The predicted octanol–water partition coefficient (Wildman–Crippen LogP) is 3.77. The number of nitriles is 2. The lowest BCUT2D eigenvalue weighted by Crippen LogP contribution is -2.52. The highest BCUT2D eigenvalue weighted by Gasteiger charge is 2.42. The Morgan fingerprint density at radius 1 is 1.14 bits per heavy atom. The first kappa shape index (κ1) is 17.5. The first-order chi connectivity index (χ1) is 13.7. The number of nitrogens with zero attached hydrogens (tertiary/aromatic N) is 3. The van der Waals surface area contributed by atoms with Crippen LogP contribution in [0.1, 0.15) is 41.9 Å². The Morgan fingerprint density at radius 3 is 2.71 bits per heavy atom. The molecule has 2 aromatic rings. The average Bonchev–Trinajstić information content (AvgIpc) is 3.22. The lowest BCUT2D eigenvalue weighted by Gasteiger charge is -2.45. The second-order valence-electron chi connectivity index (χ2n) is 7.82. The van der Waals surface area contributed by atoms with E-state index >= 15 is 0 Å². The number of fused-ring (bicyclic) bond motifs is 4. The smallest absolute Gasteiger partial charge is 0.129 e. The van der Waals surface area contributed by atoms with Crippen molar-refractivity contribution in [3.63, 3.8) is 0 Å². The van der Waals surface area contributed by atoms with Crippen molar-refractivity contribution in [2.75, 3.05) is 11.9 Å². The van der Waals surface area contributed by atoms with Crippen LogP contribution in [0.3, 0.4) is 0 Å². The molecular weight excluding hydrogens is 416 g/mol. The van der Waals surface area contributed by atoms with Gasteiger partial charge in [0, 0.05) is 27.7 Å². The van der Waals surface area contributed by atoms with Crippen molar-refractivity contribution < 1.29 is 0 Å². The van der Waals surface area contributed by atoms with E-state index in [0.29, 0.717) is 23.4 Å². The van der Waals surface area contributed by atoms with Gasteiger partial charge in [0.1, 0.15) is 11.9 Å². The number of H-pyrrole nitrogens is 1. The molecule has 1 unspecified atom stereocenters. The molecule has 0 spiro atoms. The number of anilines is 1. The number of rotatable bonds is 2. The molecule has 7 heteroatoms. The van der Waals surface area contributed by atoms with Crippen molar-refractivity contribution >= 4 is 21.7 Å². The molecule has 4 heterocycles. The van der Waals surface area contributed by atoms with Crippen molar-refractivity contribution in [1.82, 2.24) is 15.5 Å². The number of allylic oxidation sites excluding steroid dienone is 1. The zero-order valence-corrected chi connectivity index (χ0v) is 16.8. The molecule has 3 aliphatic heterocycles. The van der Waals surface area contributed by atoms with Crippen LogP contribution in [0.5, 0.6) is 0 Å². The molecule has 2 saturated heterocycles. The first-order valence-electron chi connectivity index (χ1n) is 9.57. The van der Waals surface area contributed by atoms with E-state index in [4.69, 9.17) is 0 Å². The fraction of sp³-hybridized carbons (Fsp3) is 0.381. The van der Waals surface area contributed by atoms with E-state index in [1.165, 1.54) is 6.42 Å². The predicted molar refractivity (Wildman–Crippen MR) is 108 cm³/mol. The van der Waals surface area contributed by atoms with Crippen LogP contribution in [0.2, 0.25) is 0 Å². The Morgan fingerprint density at radius 2 is 2.04 bits per heavy atom. The highest BCUT2D eigenvalue weighted by molar-refractivity contribution is 9.10. The van der Waals surface area contributed by atoms with Crippen LogP contribution in [0, 0.1) is 34.5 Å². The van der Waals surface area contributed by atoms with Crippen LogP contribution < -0.4 is 10.6 Å². The van der Waals surface area contributed by atoms with Crippen LogP contribution in [-0.4, -0.2) is 22.8 Å². The Balaban J connectivity index is 1.68. The van der Waals surface area contributed by atoms with Crippen LogP contribution >= 0.6 is 15.9 Å². The number of aromatic amines is 1. The molecule has 3 N–H and O–H groups in total. The maximum atomic E-state index is 10.2. The molecule has 1 aromatic carbocycles. The van der Waals surface area contributed by atoms with E-state index in [1.807, 2.05) is 12.1 Å². The maximum Gasteiger partial charge on any atom is 0.129 e. The molecule has 3 fully saturated rings. The molecule has 6 nitrogen and oxygen atoms in total. The minimum absolute atomic E-state index is 0.252. The van der Waals surface area contributed by atoms with Crippen LogP contribution in [0.4, 0.5) is 5.82 Å². The quantitative estimate of drug-likeness (QED) is 0.667. The lowest BCUT2D eigenvalue weighted by atomic mass is 9.70. The van der Waals surface area contributed by atoms with Gasteiger partial charge < -0.3 is 10.6 Å². The molecule has 6 rings (SSSR count). The summed E-state index contributed by atoms with van der Waals surface area (Å²) in [5.41, 5.74) is 4.15. The van der Waals surface area contributed by atoms with Crippen LogP contribution in [0.25, 0.3) is 0 Å². The zero-order valence-electron chi connectivity index (χ0n) is 15.2. The van der Waals surface area contributed by atoms with Crippen molar-refractivity contribution in [1.29, 1.82) is 10.5 Å². The first-order valence-corrected chi connectivity index (χ1v) is 10.4. The third-order valence-electron chi connectivity index (χ3n) is 6.40. The third-order valence-corrected chi connectivity index (χ3v) is 7.28. The van der Waals surface area contributed by atoms with Gasteiger partial charge in [0.25, 0.3) is 0 Å². The van der Waals surface area contributed by atoms with E-state index in [-0.39, 0.29) is 5.92 Å². The normalized spacial score (nSPS) is 28.2. The molecule has 1 saturated carbocycles. The summed E-state index contributed by atoms with van der Waals surface area (Å²) >= 11 is 3.60. The molecule has 0 amide bonds. The molecule has 4 atom stereocenters. The Labute approximate surface area is 171 Å². The Hall–Kier alpha value is -2.61. The number of piperidine rings is 2. The van der Waals surface area contributed by atoms with Crippen molar-refractivity contribution in [3.05, 3.63) is 56.8 Å². The molecule has 1 aromatic heterocycles. The van der Waals surface area contributed by atoms with E-state index in [2.05, 4.69) is 48.9 Å². The van der Waals surface area contributed by atoms with E-state index < -0.39 is 0 Å². The third kappa shape index (κ3) is 2.58. The number of nitrogens with one attached hydrogen (secondary N) is 3. The Kier molecular flexibility index (Phi) is 4.23. The van der Waals surface area contributed by atoms with Gasteiger partial charge in [0.05, 0.1) is 29.3 Å². The lowest BCUT2D eigenvalue weighted by molar-refractivity contribution is 0.160. The second kappa shape index (κ2) is 6.77.